The largest absolute Gasteiger partial charge is 0.478 e. The molecule has 4 bridgehead atoms. The third kappa shape index (κ3) is 2.94. The molecule has 4 heteroatoms. The maximum Gasteiger partial charge on any atom is 0.335 e. The predicted molar refractivity (Wildman–Crippen MR) is 90.8 cm³/mol. The number of carboxylic acids is 1. The number of rotatable bonds is 5. The summed E-state index contributed by atoms with van der Waals surface area (Å²) in [6, 6.07) is 6.97. The van der Waals surface area contributed by atoms with Crippen LogP contribution in [0.5, 0.6) is 0 Å². The molecule has 24 heavy (non-hydrogen) atoms. The first kappa shape index (κ1) is 15.7. The Hall–Kier alpha value is -1.84. The van der Waals surface area contributed by atoms with Crippen molar-refractivity contribution < 1.29 is 14.7 Å². The van der Waals surface area contributed by atoms with Crippen LogP contribution >= 0.6 is 0 Å². The molecule has 4 aliphatic carbocycles. The number of carbonyl (C=O) groups is 2. The average Bonchev–Trinajstić information content (AvgIpc) is 2.51. The van der Waals surface area contributed by atoms with Crippen molar-refractivity contribution in [2.45, 2.75) is 56.9 Å². The van der Waals surface area contributed by atoms with Crippen molar-refractivity contribution in [2.75, 3.05) is 0 Å². The summed E-state index contributed by atoms with van der Waals surface area (Å²) >= 11 is 0. The van der Waals surface area contributed by atoms with E-state index in [0.717, 1.165) is 42.6 Å². The van der Waals surface area contributed by atoms with E-state index in [9.17, 15) is 14.7 Å². The van der Waals surface area contributed by atoms with Gasteiger partial charge in [-0.3, -0.25) is 4.79 Å². The number of hydrogen-bond acceptors (Lipinski definition) is 2. The molecule has 4 aliphatic rings. The number of hydrogen-bond donors (Lipinski definition) is 2. The van der Waals surface area contributed by atoms with Gasteiger partial charge in [-0.2, -0.15) is 0 Å². The van der Waals surface area contributed by atoms with Gasteiger partial charge >= 0.3 is 5.97 Å². The van der Waals surface area contributed by atoms with Crippen molar-refractivity contribution in [1.82, 2.24) is 5.32 Å². The Labute approximate surface area is 142 Å². The standard InChI is InChI=1S/C20H25NO3/c22-18(6-5-16-3-1-2-4-17(16)19(23)24)21-20-10-13-7-14(11-20)9-15(8-13)12-20/h1-4,13-15H,5-12H2,(H,21,22)(H,23,24). The van der Waals surface area contributed by atoms with Crippen LogP contribution in [0.15, 0.2) is 24.3 Å². The van der Waals surface area contributed by atoms with Gasteiger partial charge in [0.15, 0.2) is 0 Å². The maximum absolute atomic E-state index is 12.5. The molecule has 5 rings (SSSR count). The third-order valence-electron chi connectivity index (χ3n) is 6.31. The number of carbonyl (C=O) groups excluding carboxylic acids is 1. The molecule has 0 radical (unpaired) electrons. The Bertz CT molecular complexity index is 631. The van der Waals surface area contributed by atoms with E-state index < -0.39 is 5.97 Å². The molecular formula is C20H25NO3. The highest BCUT2D eigenvalue weighted by atomic mass is 16.4. The highest BCUT2D eigenvalue weighted by Crippen LogP contribution is 2.55. The first-order valence-electron chi connectivity index (χ1n) is 9.15. The summed E-state index contributed by atoms with van der Waals surface area (Å²) in [7, 11) is 0. The fourth-order valence-electron chi connectivity index (χ4n) is 5.82. The van der Waals surface area contributed by atoms with Gasteiger partial charge in [-0.15, -0.1) is 0 Å². The highest BCUT2D eigenvalue weighted by Gasteiger charge is 2.51. The normalized spacial score (nSPS) is 33.4. The number of nitrogens with one attached hydrogen (secondary N) is 1. The van der Waals surface area contributed by atoms with Crippen molar-refractivity contribution in [3.8, 4) is 0 Å². The van der Waals surface area contributed by atoms with E-state index in [1.807, 2.05) is 6.07 Å². The molecule has 0 heterocycles. The van der Waals surface area contributed by atoms with Gasteiger partial charge in [0.25, 0.3) is 0 Å². The van der Waals surface area contributed by atoms with Crippen LogP contribution in [0.2, 0.25) is 0 Å². The van der Waals surface area contributed by atoms with Crippen LogP contribution in [-0.4, -0.2) is 22.5 Å². The summed E-state index contributed by atoms with van der Waals surface area (Å²) in [5.74, 6) is 1.59. The van der Waals surface area contributed by atoms with Gasteiger partial charge in [-0.25, -0.2) is 4.79 Å². The zero-order valence-electron chi connectivity index (χ0n) is 14.0. The van der Waals surface area contributed by atoms with E-state index in [1.54, 1.807) is 18.2 Å². The number of benzene rings is 1. The molecule has 0 unspecified atom stereocenters. The molecule has 1 amide bonds. The van der Waals surface area contributed by atoms with Crippen molar-refractivity contribution in [3.05, 3.63) is 35.4 Å². The van der Waals surface area contributed by atoms with Gasteiger partial charge in [0.2, 0.25) is 5.91 Å². The molecule has 0 aliphatic heterocycles. The van der Waals surface area contributed by atoms with Gasteiger partial charge in [0.05, 0.1) is 5.56 Å². The number of carboxylic acid groups (broad SMARTS) is 1. The molecular weight excluding hydrogens is 302 g/mol. The second-order valence-corrected chi connectivity index (χ2v) is 8.21. The second kappa shape index (κ2) is 5.91. The lowest BCUT2D eigenvalue weighted by molar-refractivity contribution is -0.126. The molecule has 1 aromatic rings. The first-order chi connectivity index (χ1) is 11.5. The highest BCUT2D eigenvalue weighted by molar-refractivity contribution is 5.89. The topological polar surface area (TPSA) is 66.4 Å². The summed E-state index contributed by atoms with van der Waals surface area (Å²) in [6.45, 7) is 0. The van der Waals surface area contributed by atoms with Gasteiger partial charge in [0, 0.05) is 12.0 Å². The Balaban J connectivity index is 1.39. The first-order valence-corrected chi connectivity index (χ1v) is 9.15. The molecule has 1 aromatic carbocycles. The number of amides is 1. The smallest absolute Gasteiger partial charge is 0.335 e. The van der Waals surface area contributed by atoms with Crippen molar-refractivity contribution in [3.63, 3.8) is 0 Å². The maximum atomic E-state index is 12.5. The zero-order valence-corrected chi connectivity index (χ0v) is 14.0. The molecule has 0 atom stereocenters. The minimum Gasteiger partial charge on any atom is -0.478 e. The minimum atomic E-state index is -0.924. The SMILES string of the molecule is O=C(CCc1ccccc1C(=O)O)NC12CC3CC(CC(C3)C1)C2. The zero-order chi connectivity index (χ0) is 16.7. The molecule has 128 valence electrons. The summed E-state index contributed by atoms with van der Waals surface area (Å²) in [5, 5.41) is 12.6. The van der Waals surface area contributed by atoms with Crippen molar-refractivity contribution >= 4 is 11.9 Å². The van der Waals surface area contributed by atoms with E-state index >= 15 is 0 Å². The molecule has 4 nitrogen and oxygen atoms in total. The van der Waals surface area contributed by atoms with Crippen LogP contribution in [0, 0.1) is 17.8 Å². The van der Waals surface area contributed by atoms with E-state index in [2.05, 4.69) is 5.32 Å². The fourth-order valence-corrected chi connectivity index (χ4v) is 5.82. The van der Waals surface area contributed by atoms with E-state index in [0.29, 0.717) is 18.4 Å². The molecule has 4 saturated carbocycles. The van der Waals surface area contributed by atoms with E-state index in [1.165, 1.54) is 19.3 Å². The van der Waals surface area contributed by atoms with Crippen molar-refractivity contribution in [2.24, 2.45) is 17.8 Å². The van der Waals surface area contributed by atoms with Gasteiger partial charge < -0.3 is 10.4 Å². The summed E-state index contributed by atoms with van der Waals surface area (Å²) in [4.78, 5) is 23.8. The Morgan fingerprint density at radius 2 is 1.62 bits per heavy atom. The molecule has 4 fully saturated rings. The van der Waals surface area contributed by atoms with Crippen LogP contribution in [0.4, 0.5) is 0 Å². The van der Waals surface area contributed by atoms with E-state index in [-0.39, 0.29) is 11.4 Å². The van der Waals surface area contributed by atoms with Gasteiger partial charge in [-0.05, 0) is 74.3 Å². The quantitative estimate of drug-likeness (QED) is 0.871. The minimum absolute atomic E-state index is 0.0398. The summed E-state index contributed by atoms with van der Waals surface area (Å²) in [5.41, 5.74) is 1.09. The Morgan fingerprint density at radius 3 is 2.21 bits per heavy atom. The van der Waals surface area contributed by atoms with Gasteiger partial charge in [-0.1, -0.05) is 18.2 Å². The Morgan fingerprint density at radius 1 is 1.04 bits per heavy atom. The van der Waals surface area contributed by atoms with Crippen LogP contribution in [-0.2, 0) is 11.2 Å². The van der Waals surface area contributed by atoms with Crippen molar-refractivity contribution in [1.29, 1.82) is 0 Å². The lowest BCUT2D eigenvalue weighted by Crippen LogP contribution is -2.59. The predicted octanol–water partition coefficient (Wildman–Crippen LogP) is 3.40. The van der Waals surface area contributed by atoms with Crippen LogP contribution in [0.25, 0.3) is 0 Å². The van der Waals surface area contributed by atoms with Crippen LogP contribution in [0.1, 0.15) is 60.9 Å². The molecule has 2 N–H and O–H groups in total. The monoisotopic (exact) mass is 327 g/mol. The molecule has 0 aromatic heterocycles. The molecule has 0 saturated heterocycles. The number of aryl methyl sites for hydroxylation is 1. The average molecular weight is 327 g/mol. The van der Waals surface area contributed by atoms with Gasteiger partial charge in [0.1, 0.15) is 0 Å². The third-order valence-corrected chi connectivity index (χ3v) is 6.31. The second-order valence-electron chi connectivity index (χ2n) is 8.21. The lowest BCUT2D eigenvalue weighted by atomic mass is 9.53. The number of aromatic carboxylic acids is 1. The Kier molecular flexibility index (Phi) is 3.86. The van der Waals surface area contributed by atoms with Crippen LogP contribution in [0.3, 0.4) is 0 Å². The van der Waals surface area contributed by atoms with Crippen LogP contribution < -0.4 is 5.32 Å². The summed E-state index contributed by atoms with van der Waals surface area (Å²) < 4.78 is 0. The fraction of sp³-hybridized carbons (Fsp3) is 0.600. The molecule has 0 spiro atoms. The van der Waals surface area contributed by atoms with E-state index in [4.69, 9.17) is 0 Å². The summed E-state index contributed by atoms with van der Waals surface area (Å²) in [6.07, 6.45) is 8.39. The lowest BCUT2D eigenvalue weighted by Gasteiger charge is -2.56.